The second kappa shape index (κ2) is 16.1. The maximum Gasteiger partial charge on any atom is 0.291 e. The lowest BCUT2D eigenvalue weighted by molar-refractivity contribution is 0.0997. The third kappa shape index (κ3) is 8.24. The molecule has 0 spiro atoms. The fourth-order valence-electron chi connectivity index (χ4n) is 6.51. The van der Waals surface area contributed by atoms with Gasteiger partial charge in [0.1, 0.15) is 5.58 Å². The van der Waals surface area contributed by atoms with E-state index >= 15 is 0 Å². The number of pyridine rings is 1. The molecule has 0 radical (unpaired) electrons. The van der Waals surface area contributed by atoms with Crippen molar-refractivity contribution in [3.05, 3.63) is 153 Å². The van der Waals surface area contributed by atoms with Crippen molar-refractivity contribution in [2.24, 2.45) is 7.05 Å². The maximum atomic E-state index is 13.8. The quantitative estimate of drug-likeness (QED) is 0.126. The van der Waals surface area contributed by atoms with Gasteiger partial charge < -0.3 is 24.5 Å². The van der Waals surface area contributed by atoms with Crippen molar-refractivity contribution >= 4 is 45.1 Å². The number of amides is 2. The predicted octanol–water partition coefficient (Wildman–Crippen LogP) is 7.15. The van der Waals surface area contributed by atoms with Gasteiger partial charge in [-0.05, 0) is 84.1 Å². The lowest BCUT2D eigenvalue weighted by Crippen LogP contribution is -2.25. The number of hydrogen-bond donors (Lipinski definition) is 2. The Kier molecular flexibility index (Phi) is 10.7. The van der Waals surface area contributed by atoms with E-state index in [1.165, 1.54) is 37.5 Å². The SMILES string of the molecule is COc1cc(NC(=O)c2cc(=O)c3ccccc3o2)c(C(=O)Nc2ccc(CCN(Cc3ccc4c(cnn4C)c3)Cc3ccncc3C)cc2)cc1OC. The standard InChI is InChI=1S/C43H40N6O6/c1-27-23-44-17-15-30(27)26-49(25-29-11-14-36-31(19-29)24-45-48(36)2)18-16-28-9-12-32(13-10-28)46-42(51)34-20-39(53-3)40(54-4)21-35(34)47-43(52)41-22-37(50)33-7-5-6-8-38(33)55-41/h5-15,17,19-24H,16,18,25-26H2,1-4H3,(H,46,51)(H,47,52). The highest BCUT2D eigenvalue weighted by atomic mass is 16.5. The zero-order valence-electron chi connectivity index (χ0n) is 31.0. The van der Waals surface area contributed by atoms with E-state index in [0.29, 0.717) is 22.6 Å². The number of aromatic nitrogens is 3. The van der Waals surface area contributed by atoms with Gasteiger partial charge in [0, 0.05) is 62.3 Å². The van der Waals surface area contributed by atoms with Crippen molar-refractivity contribution in [2.75, 3.05) is 31.4 Å². The van der Waals surface area contributed by atoms with Crippen LogP contribution in [0.3, 0.4) is 0 Å². The Morgan fingerprint density at radius 3 is 2.38 bits per heavy atom. The molecule has 0 atom stereocenters. The maximum absolute atomic E-state index is 13.8. The zero-order chi connectivity index (χ0) is 38.5. The van der Waals surface area contributed by atoms with E-state index < -0.39 is 11.8 Å². The molecule has 2 N–H and O–H groups in total. The van der Waals surface area contributed by atoms with Crippen LogP contribution in [0.25, 0.3) is 21.9 Å². The van der Waals surface area contributed by atoms with Crippen molar-refractivity contribution in [1.82, 2.24) is 19.7 Å². The molecule has 12 nitrogen and oxygen atoms in total. The largest absolute Gasteiger partial charge is 0.493 e. The smallest absolute Gasteiger partial charge is 0.291 e. The molecule has 7 aromatic rings. The molecule has 0 saturated heterocycles. The Hall–Kier alpha value is -6.79. The Morgan fingerprint density at radius 1 is 0.836 bits per heavy atom. The van der Waals surface area contributed by atoms with Gasteiger partial charge in [0.05, 0.1) is 42.6 Å². The van der Waals surface area contributed by atoms with Crippen LogP contribution in [-0.2, 0) is 26.6 Å². The van der Waals surface area contributed by atoms with Crippen LogP contribution < -0.4 is 25.5 Å². The normalized spacial score (nSPS) is 11.2. The molecule has 278 valence electrons. The van der Waals surface area contributed by atoms with Crippen LogP contribution in [-0.4, -0.2) is 52.2 Å². The van der Waals surface area contributed by atoms with E-state index in [-0.39, 0.29) is 28.0 Å². The number of rotatable bonds is 13. The van der Waals surface area contributed by atoms with Gasteiger partial charge in [0.2, 0.25) is 0 Å². The number of benzene rings is 4. The first-order valence-corrected chi connectivity index (χ1v) is 17.7. The molecule has 0 bridgehead atoms. The molecule has 4 aromatic carbocycles. The van der Waals surface area contributed by atoms with E-state index in [9.17, 15) is 14.4 Å². The minimum absolute atomic E-state index is 0.115. The molecule has 0 fully saturated rings. The highest BCUT2D eigenvalue weighted by Crippen LogP contribution is 2.34. The van der Waals surface area contributed by atoms with Crippen LogP contribution in [0.15, 0.2) is 119 Å². The van der Waals surface area contributed by atoms with Gasteiger partial charge in [-0.3, -0.25) is 28.9 Å². The summed E-state index contributed by atoms with van der Waals surface area (Å²) in [5.41, 5.74) is 6.50. The Morgan fingerprint density at radius 2 is 1.60 bits per heavy atom. The minimum Gasteiger partial charge on any atom is -0.493 e. The van der Waals surface area contributed by atoms with Crippen molar-refractivity contribution < 1.29 is 23.5 Å². The molecule has 3 aromatic heterocycles. The van der Waals surface area contributed by atoms with E-state index in [1.807, 2.05) is 54.6 Å². The number of nitrogens with one attached hydrogen (secondary N) is 2. The number of fused-ring (bicyclic) bond motifs is 2. The highest BCUT2D eigenvalue weighted by molar-refractivity contribution is 6.12. The van der Waals surface area contributed by atoms with E-state index in [2.05, 4.69) is 56.8 Å². The Bertz CT molecular complexity index is 2580. The molecular weight excluding hydrogens is 697 g/mol. The van der Waals surface area contributed by atoms with Crippen molar-refractivity contribution in [3.63, 3.8) is 0 Å². The summed E-state index contributed by atoms with van der Waals surface area (Å²) in [6.07, 6.45) is 6.40. The summed E-state index contributed by atoms with van der Waals surface area (Å²) in [5, 5.41) is 11.5. The molecule has 0 saturated carbocycles. The number of hydrogen-bond acceptors (Lipinski definition) is 9. The summed E-state index contributed by atoms with van der Waals surface area (Å²) < 4.78 is 18.5. The number of methoxy groups -OCH3 is 2. The Balaban J connectivity index is 1.06. The summed E-state index contributed by atoms with van der Waals surface area (Å²) in [6.45, 7) is 4.41. The van der Waals surface area contributed by atoms with E-state index in [0.717, 1.165) is 54.2 Å². The third-order valence-corrected chi connectivity index (χ3v) is 9.55. The molecule has 7 rings (SSSR count). The predicted molar refractivity (Wildman–Crippen MR) is 212 cm³/mol. The topological polar surface area (TPSA) is 141 Å². The number of nitrogens with zero attached hydrogens (tertiary/aromatic N) is 4. The van der Waals surface area contributed by atoms with Gasteiger partial charge >= 0.3 is 0 Å². The summed E-state index contributed by atoms with van der Waals surface area (Å²) >= 11 is 0. The number of anilines is 2. The van der Waals surface area contributed by atoms with Crippen LogP contribution in [0.4, 0.5) is 11.4 Å². The number of carbonyl (C=O) groups is 2. The highest BCUT2D eigenvalue weighted by Gasteiger charge is 2.21. The van der Waals surface area contributed by atoms with Crippen molar-refractivity contribution in [1.29, 1.82) is 0 Å². The van der Waals surface area contributed by atoms with Gasteiger partial charge in [-0.2, -0.15) is 5.10 Å². The fourth-order valence-corrected chi connectivity index (χ4v) is 6.51. The third-order valence-electron chi connectivity index (χ3n) is 9.55. The van der Waals surface area contributed by atoms with Gasteiger partial charge in [0.15, 0.2) is 22.7 Å². The molecule has 0 aliphatic heterocycles. The minimum atomic E-state index is -0.709. The van der Waals surface area contributed by atoms with Gasteiger partial charge in [-0.1, -0.05) is 30.3 Å². The number of carbonyl (C=O) groups excluding carboxylic acids is 2. The first kappa shape index (κ1) is 36.6. The number of aryl methyl sites for hydroxylation is 2. The van der Waals surface area contributed by atoms with E-state index in [4.69, 9.17) is 13.9 Å². The molecule has 0 aliphatic rings. The summed E-state index contributed by atoms with van der Waals surface area (Å²) in [5.74, 6) is -0.813. The van der Waals surface area contributed by atoms with Crippen LogP contribution in [0.5, 0.6) is 11.5 Å². The van der Waals surface area contributed by atoms with Gasteiger partial charge in [0.25, 0.3) is 11.8 Å². The lowest BCUT2D eigenvalue weighted by Gasteiger charge is -2.23. The molecule has 55 heavy (non-hydrogen) atoms. The summed E-state index contributed by atoms with van der Waals surface area (Å²) in [6, 6.07) is 27.0. The second-order valence-corrected chi connectivity index (χ2v) is 13.3. The molecule has 3 heterocycles. The van der Waals surface area contributed by atoms with Gasteiger partial charge in [-0.25, -0.2) is 0 Å². The zero-order valence-corrected chi connectivity index (χ0v) is 31.0. The molecular formula is C43H40N6O6. The van der Waals surface area contributed by atoms with Crippen LogP contribution in [0.1, 0.15) is 43.2 Å². The first-order valence-electron chi connectivity index (χ1n) is 17.7. The number of ether oxygens (including phenoxy) is 2. The summed E-state index contributed by atoms with van der Waals surface area (Å²) in [7, 11) is 4.86. The molecule has 12 heteroatoms. The average Bonchev–Trinajstić information content (AvgIpc) is 3.57. The van der Waals surface area contributed by atoms with Gasteiger partial charge in [-0.15, -0.1) is 0 Å². The molecule has 0 unspecified atom stereocenters. The van der Waals surface area contributed by atoms with Crippen molar-refractivity contribution in [2.45, 2.75) is 26.4 Å². The Labute approximate surface area is 317 Å². The molecule has 0 aliphatic carbocycles. The van der Waals surface area contributed by atoms with Crippen LogP contribution >= 0.6 is 0 Å². The molecule has 2 amide bonds. The summed E-state index contributed by atoms with van der Waals surface area (Å²) in [4.78, 5) is 46.5. The van der Waals surface area contributed by atoms with Crippen LogP contribution in [0.2, 0.25) is 0 Å². The fraction of sp³-hybridized carbons (Fsp3) is 0.186. The monoisotopic (exact) mass is 736 g/mol. The first-order chi connectivity index (χ1) is 26.7. The van der Waals surface area contributed by atoms with E-state index in [1.54, 1.807) is 24.3 Å². The average molecular weight is 737 g/mol. The number of para-hydroxylation sites is 1. The lowest BCUT2D eigenvalue weighted by atomic mass is 10.1. The van der Waals surface area contributed by atoms with Crippen molar-refractivity contribution in [3.8, 4) is 11.5 Å². The van der Waals surface area contributed by atoms with Crippen LogP contribution in [0, 0.1) is 6.92 Å². The second-order valence-electron chi connectivity index (χ2n) is 13.3.